The van der Waals surface area contributed by atoms with Crippen molar-refractivity contribution in [1.82, 2.24) is 34.2 Å². The number of carbonyl (C=O) groups is 1. The molecule has 1 aliphatic heterocycles. The number of hydrogen-bond donors (Lipinski definition) is 1. The molecule has 1 aromatic carbocycles. The molecule has 1 amide bonds. The fourth-order valence-electron chi connectivity index (χ4n) is 5.25. The minimum absolute atomic E-state index is 0.137. The van der Waals surface area contributed by atoms with Gasteiger partial charge in [0, 0.05) is 35.5 Å². The third-order valence-electron chi connectivity index (χ3n) is 7.18. The number of aromatic nitrogens is 6. The summed E-state index contributed by atoms with van der Waals surface area (Å²) in [7, 11) is 0. The number of aryl methyl sites for hydroxylation is 1. The Labute approximate surface area is 258 Å². The van der Waals surface area contributed by atoms with E-state index < -0.39 is 30.9 Å². The van der Waals surface area contributed by atoms with Crippen LogP contribution in [0, 0.1) is 6.92 Å². The second-order valence-corrected chi connectivity index (χ2v) is 9.97. The van der Waals surface area contributed by atoms with Crippen molar-refractivity contribution >= 4 is 27.8 Å². The first-order valence-corrected chi connectivity index (χ1v) is 15.2. The lowest BCUT2D eigenvalue weighted by atomic mass is 10.1. The van der Waals surface area contributed by atoms with Crippen molar-refractivity contribution in [2.24, 2.45) is 0 Å². The van der Waals surface area contributed by atoms with Crippen LogP contribution in [0.5, 0.6) is 0 Å². The molecule has 0 bridgehead atoms. The number of fused-ring (bicyclic) bond motifs is 2. The third-order valence-corrected chi connectivity index (χ3v) is 7.18. The molecule has 4 aromatic heterocycles. The summed E-state index contributed by atoms with van der Waals surface area (Å²) in [5.74, 6) is -0.619. The molecular formula is C32H38F3N7O3. The number of benzene rings is 1. The van der Waals surface area contributed by atoms with Gasteiger partial charge in [0.1, 0.15) is 18.9 Å². The van der Waals surface area contributed by atoms with E-state index >= 15 is 0 Å². The zero-order valence-electron chi connectivity index (χ0n) is 26.1. The summed E-state index contributed by atoms with van der Waals surface area (Å²) < 4.78 is 48.0. The highest BCUT2D eigenvalue weighted by molar-refractivity contribution is 5.93. The molecule has 6 rings (SSSR count). The van der Waals surface area contributed by atoms with Gasteiger partial charge in [-0.25, -0.2) is 19.0 Å². The number of rotatable bonds is 6. The van der Waals surface area contributed by atoms with Crippen LogP contribution in [-0.4, -0.2) is 54.1 Å². The quantitative estimate of drug-likeness (QED) is 0.236. The number of pyridine rings is 2. The molecular weight excluding hydrogens is 587 g/mol. The zero-order valence-corrected chi connectivity index (χ0v) is 26.1. The standard InChI is InChI=1S/C28H26F3N7O3.2C2H6/c1-17-5-4-6-21-26(17)37(27(40)36(21)15-24(39)34-16-28(29,30)31)23-9-8-18(11-33-23)19-12-32-14-22-20(19)13-35-38(22)25-7-2-3-10-41-25;2*1-2/h4-6,8-9,11-14,25H,2-3,7,10,15-16H2,1H3,(H,34,39);2*1-2H3. The average Bonchev–Trinajstić information content (AvgIpc) is 3.62. The molecule has 13 heteroatoms. The number of nitrogens with zero attached hydrogens (tertiary/aromatic N) is 6. The van der Waals surface area contributed by atoms with Crippen LogP contribution in [0.1, 0.15) is 58.7 Å². The van der Waals surface area contributed by atoms with E-state index in [9.17, 15) is 22.8 Å². The Bertz CT molecular complexity index is 1800. The van der Waals surface area contributed by atoms with Crippen LogP contribution in [0.2, 0.25) is 0 Å². The molecule has 5 aromatic rings. The van der Waals surface area contributed by atoms with Gasteiger partial charge in [-0.05, 0) is 49.9 Å². The number of amides is 1. The van der Waals surface area contributed by atoms with Gasteiger partial charge in [-0.1, -0.05) is 39.8 Å². The summed E-state index contributed by atoms with van der Waals surface area (Å²) in [6.45, 7) is 8.45. The number of nitrogens with one attached hydrogen (secondary N) is 1. The van der Waals surface area contributed by atoms with Crippen LogP contribution >= 0.6 is 0 Å². The second kappa shape index (κ2) is 14.5. The highest BCUT2D eigenvalue weighted by Crippen LogP contribution is 2.31. The highest BCUT2D eigenvalue weighted by atomic mass is 19.4. The number of ether oxygens (including phenoxy) is 1. The smallest absolute Gasteiger partial charge is 0.356 e. The molecule has 5 heterocycles. The zero-order chi connectivity index (χ0) is 32.7. The van der Waals surface area contributed by atoms with Gasteiger partial charge in [0.2, 0.25) is 5.91 Å². The molecule has 0 radical (unpaired) electrons. The molecule has 0 saturated carbocycles. The molecule has 0 aliphatic carbocycles. The van der Waals surface area contributed by atoms with Crippen molar-refractivity contribution in [1.29, 1.82) is 0 Å². The van der Waals surface area contributed by atoms with Gasteiger partial charge < -0.3 is 10.1 Å². The summed E-state index contributed by atoms with van der Waals surface area (Å²) in [4.78, 5) is 34.8. The maximum atomic E-state index is 13.5. The van der Waals surface area contributed by atoms with Gasteiger partial charge in [0.25, 0.3) is 0 Å². The van der Waals surface area contributed by atoms with Gasteiger partial charge in [0.15, 0.2) is 6.23 Å². The van der Waals surface area contributed by atoms with E-state index in [4.69, 9.17) is 4.74 Å². The summed E-state index contributed by atoms with van der Waals surface area (Å²) in [5.41, 5.74) is 3.50. The molecule has 1 aliphatic rings. The fraction of sp³-hybridized carbons (Fsp3) is 0.406. The van der Waals surface area contributed by atoms with E-state index in [-0.39, 0.29) is 6.23 Å². The number of para-hydroxylation sites is 1. The Morgan fingerprint density at radius 1 is 1.02 bits per heavy atom. The minimum Gasteiger partial charge on any atom is -0.356 e. The molecule has 240 valence electrons. The van der Waals surface area contributed by atoms with Crippen LogP contribution < -0.4 is 11.0 Å². The third kappa shape index (κ3) is 7.08. The molecule has 1 atom stereocenters. The normalized spacial score (nSPS) is 14.8. The highest BCUT2D eigenvalue weighted by Gasteiger charge is 2.28. The van der Waals surface area contributed by atoms with Gasteiger partial charge in [-0.15, -0.1) is 0 Å². The number of hydrogen-bond acceptors (Lipinski definition) is 6. The van der Waals surface area contributed by atoms with E-state index in [1.807, 2.05) is 43.8 Å². The van der Waals surface area contributed by atoms with Crippen molar-refractivity contribution in [2.45, 2.75) is 72.8 Å². The summed E-state index contributed by atoms with van der Waals surface area (Å²) in [5, 5.41) is 7.27. The van der Waals surface area contributed by atoms with Crippen LogP contribution in [0.3, 0.4) is 0 Å². The van der Waals surface area contributed by atoms with Crippen LogP contribution in [0.15, 0.2) is 59.9 Å². The predicted molar refractivity (Wildman–Crippen MR) is 167 cm³/mol. The summed E-state index contributed by atoms with van der Waals surface area (Å²) >= 11 is 0. The minimum atomic E-state index is -4.56. The predicted octanol–water partition coefficient (Wildman–Crippen LogP) is 6.34. The van der Waals surface area contributed by atoms with E-state index in [0.29, 0.717) is 23.5 Å². The lowest BCUT2D eigenvalue weighted by Gasteiger charge is -2.23. The maximum absolute atomic E-state index is 13.5. The Kier molecular flexibility index (Phi) is 10.8. The molecule has 0 spiro atoms. The molecule has 45 heavy (non-hydrogen) atoms. The Balaban J connectivity index is 0.00000111. The Morgan fingerprint density at radius 2 is 1.80 bits per heavy atom. The first-order valence-electron chi connectivity index (χ1n) is 15.2. The van der Waals surface area contributed by atoms with E-state index in [1.54, 1.807) is 56.0 Å². The molecule has 1 N–H and O–H groups in total. The van der Waals surface area contributed by atoms with Crippen molar-refractivity contribution in [3.63, 3.8) is 0 Å². The monoisotopic (exact) mass is 625 g/mol. The maximum Gasteiger partial charge on any atom is 0.405 e. The van der Waals surface area contributed by atoms with Gasteiger partial charge in [-0.3, -0.25) is 14.3 Å². The number of imidazole rings is 1. The Hall–Kier alpha value is -4.52. The van der Waals surface area contributed by atoms with Crippen molar-refractivity contribution in [3.05, 3.63) is 71.2 Å². The Morgan fingerprint density at radius 3 is 2.47 bits per heavy atom. The SMILES string of the molecule is CC.CC.Cc1cccc2c1n(-c1ccc(-c3cncc4c3cnn4C3CCCCO3)cn1)c(=O)n2CC(=O)NCC(F)(F)F. The van der Waals surface area contributed by atoms with E-state index in [1.165, 1.54) is 4.57 Å². The van der Waals surface area contributed by atoms with Gasteiger partial charge in [0.05, 0.1) is 28.9 Å². The molecule has 10 nitrogen and oxygen atoms in total. The van der Waals surface area contributed by atoms with Crippen molar-refractivity contribution in [2.75, 3.05) is 13.2 Å². The number of alkyl halides is 3. The average molecular weight is 626 g/mol. The number of carbonyl (C=O) groups excluding carboxylic acids is 1. The summed E-state index contributed by atoms with van der Waals surface area (Å²) in [6.07, 6.45) is 5.18. The topological polar surface area (TPSA) is 109 Å². The van der Waals surface area contributed by atoms with Crippen molar-refractivity contribution < 1.29 is 22.7 Å². The van der Waals surface area contributed by atoms with Crippen molar-refractivity contribution in [3.8, 4) is 16.9 Å². The fourth-order valence-corrected chi connectivity index (χ4v) is 5.25. The van der Waals surface area contributed by atoms with Gasteiger partial charge in [-0.2, -0.15) is 18.3 Å². The first-order chi connectivity index (χ1) is 21.7. The lowest BCUT2D eigenvalue weighted by molar-refractivity contribution is -0.138. The van der Waals surface area contributed by atoms with Gasteiger partial charge >= 0.3 is 11.9 Å². The largest absolute Gasteiger partial charge is 0.405 e. The number of halogens is 3. The van der Waals surface area contributed by atoms with E-state index in [2.05, 4.69) is 15.1 Å². The van der Waals surface area contributed by atoms with Crippen LogP contribution in [-0.2, 0) is 16.1 Å². The molecule has 1 saturated heterocycles. The molecule has 1 unspecified atom stereocenters. The summed E-state index contributed by atoms with van der Waals surface area (Å²) in [6, 6.07) is 8.67. The first kappa shape index (κ1) is 33.4. The second-order valence-electron chi connectivity index (χ2n) is 9.97. The van der Waals surface area contributed by atoms with Crippen LogP contribution in [0.25, 0.3) is 38.9 Å². The van der Waals surface area contributed by atoms with E-state index in [0.717, 1.165) is 51.4 Å². The molecule has 1 fully saturated rings. The van der Waals surface area contributed by atoms with Crippen LogP contribution in [0.4, 0.5) is 13.2 Å². The lowest BCUT2D eigenvalue weighted by Crippen LogP contribution is -2.38.